The van der Waals surface area contributed by atoms with Gasteiger partial charge in [0, 0.05) is 11.5 Å². The fraction of sp³-hybridized carbons (Fsp3) is 0.587. The molecule has 2 amide bonds. The number of amides is 2. The van der Waals surface area contributed by atoms with Crippen molar-refractivity contribution in [1.82, 2.24) is 39.0 Å². The molecule has 412 valence electrons. The van der Waals surface area contributed by atoms with Crippen LogP contribution < -0.4 is 16.2 Å². The minimum absolute atomic E-state index is 0.00700. The molecule has 30 heteroatoms. The second-order valence-electron chi connectivity index (χ2n) is 22.0. The second-order valence-corrected chi connectivity index (χ2v) is 37.2. The predicted octanol–water partition coefficient (Wildman–Crippen LogP) is 7.57. The van der Waals surface area contributed by atoms with Crippen LogP contribution in [-0.2, 0) is 69.4 Å². The molecule has 4 N–H and O–H groups in total. The first-order chi connectivity index (χ1) is 35.5. The molecule has 24 nitrogen and oxygen atoms in total. The number of ether oxygens (including phenoxy) is 2. The Morgan fingerprint density at radius 3 is 2.00 bits per heavy atom. The van der Waals surface area contributed by atoms with Gasteiger partial charge in [-0.25, -0.2) is 19.9 Å². The lowest BCUT2D eigenvalue weighted by atomic mass is 10.1. The quantitative estimate of drug-likeness (QED) is 0.0502. The minimum Gasteiger partial charge on any atom is -0.408 e. The number of nitrogens with one attached hydrogen (secondary N) is 3. The molecule has 0 saturated carbocycles. The lowest BCUT2D eigenvalue weighted by Gasteiger charge is -2.42. The Morgan fingerprint density at radius 1 is 0.855 bits per heavy atom. The van der Waals surface area contributed by atoms with Crippen LogP contribution in [0, 0.1) is 17.2 Å². The molecule has 4 bridgehead atoms. The van der Waals surface area contributed by atoms with Crippen LogP contribution in [0.15, 0.2) is 54.1 Å². The average molecular weight is 1160 g/mol. The molecule has 4 aromatic heterocycles. The van der Waals surface area contributed by atoms with Crippen LogP contribution in [-0.4, -0.2) is 129 Å². The zero-order chi connectivity index (χ0) is 55.3. The molecule has 4 unspecified atom stereocenters. The third-order valence-electron chi connectivity index (χ3n) is 14.2. The maximum Gasteiger partial charge on any atom is 0.327 e. The number of H-pyrrole nitrogens is 1. The van der Waals surface area contributed by atoms with Gasteiger partial charge in [-0.1, -0.05) is 73.6 Å². The van der Waals surface area contributed by atoms with Crippen molar-refractivity contribution in [2.75, 3.05) is 30.5 Å². The Labute approximate surface area is 452 Å². The van der Waals surface area contributed by atoms with Crippen LogP contribution in [0.1, 0.15) is 84.6 Å². The van der Waals surface area contributed by atoms with Gasteiger partial charge < -0.3 is 42.1 Å². The highest BCUT2D eigenvalue weighted by Crippen LogP contribution is 2.58. The zero-order valence-corrected chi connectivity index (χ0v) is 49.7. The predicted molar refractivity (Wildman–Crippen MR) is 292 cm³/mol. The zero-order valence-electron chi connectivity index (χ0n) is 44.3. The van der Waals surface area contributed by atoms with Gasteiger partial charge in [0.25, 0.3) is 11.5 Å². The topological polar surface area (TPSA) is 292 Å². The third-order valence-corrected chi connectivity index (χ3v) is 27.0. The van der Waals surface area contributed by atoms with Crippen molar-refractivity contribution in [3.63, 3.8) is 0 Å². The van der Waals surface area contributed by atoms with E-state index in [4.69, 9.17) is 64.6 Å². The molecular weight excluding hydrogens is 1100 g/mol. The van der Waals surface area contributed by atoms with Crippen LogP contribution in [0.4, 0.5) is 11.8 Å². The Kier molecular flexibility index (Phi) is 17.0. The van der Waals surface area contributed by atoms with Crippen molar-refractivity contribution in [1.29, 1.82) is 5.26 Å². The summed E-state index contributed by atoms with van der Waals surface area (Å²) in [5.41, 5.74) is 0.112. The van der Waals surface area contributed by atoms with Crippen LogP contribution in [0.5, 0.6) is 0 Å². The van der Waals surface area contributed by atoms with Crippen LogP contribution in [0.25, 0.3) is 22.3 Å². The van der Waals surface area contributed by atoms with E-state index in [0.29, 0.717) is 5.56 Å². The van der Waals surface area contributed by atoms with Crippen molar-refractivity contribution in [2.24, 2.45) is 5.92 Å². The Bertz CT molecular complexity index is 3170. The number of benzene rings is 1. The van der Waals surface area contributed by atoms with Gasteiger partial charge >= 0.3 is 13.4 Å². The maximum atomic E-state index is 13.5. The van der Waals surface area contributed by atoms with Gasteiger partial charge in [0.05, 0.1) is 45.0 Å². The Morgan fingerprint density at radius 2 is 1.42 bits per heavy atom. The molecule has 0 aliphatic carbocycles. The van der Waals surface area contributed by atoms with E-state index in [0.717, 1.165) is 0 Å². The van der Waals surface area contributed by atoms with Crippen molar-refractivity contribution in [2.45, 2.75) is 147 Å². The van der Waals surface area contributed by atoms with Crippen molar-refractivity contribution < 1.29 is 55.4 Å². The van der Waals surface area contributed by atoms with Gasteiger partial charge in [0.1, 0.15) is 43.0 Å². The molecule has 3 aliphatic heterocycles. The second kappa shape index (κ2) is 22.2. The fourth-order valence-corrected chi connectivity index (χ4v) is 14.1. The van der Waals surface area contributed by atoms with Crippen LogP contribution >= 0.6 is 13.4 Å². The van der Waals surface area contributed by atoms with E-state index in [2.05, 4.69) is 88.1 Å². The van der Waals surface area contributed by atoms with Crippen LogP contribution in [0.2, 0.25) is 36.3 Å². The molecule has 5 aromatic rings. The number of imidazole rings is 2. The average Bonchev–Trinajstić information content (AvgIpc) is 4.11. The molecule has 10 atom stereocenters. The number of aromatic nitrogens is 8. The van der Waals surface area contributed by atoms with E-state index in [1.165, 1.54) is 23.5 Å². The van der Waals surface area contributed by atoms with Gasteiger partial charge in [-0.3, -0.25) is 42.9 Å². The van der Waals surface area contributed by atoms with Gasteiger partial charge in [-0.05, 0) is 72.0 Å². The Hall–Kier alpha value is -4.12. The highest BCUT2D eigenvalue weighted by Gasteiger charge is 2.57. The molecule has 8 rings (SSSR count). The summed E-state index contributed by atoms with van der Waals surface area (Å²) >= 11 is 12.2. The number of rotatable bonds is 13. The molecule has 3 aliphatic rings. The molecule has 0 radical (unpaired) electrons. The molecule has 1 aromatic carbocycles. The summed E-state index contributed by atoms with van der Waals surface area (Å²) in [6.45, 7) is 14.4. The van der Waals surface area contributed by atoms with E-state index in [1.807, 2.05) is 26.2 Å². The van der Waals surface area contributed by atoms with E-state index in [1.54, 1.807) is 48.7 Å². The van der Waals surface area contributed by atoms with E-state index in [-0.39, 0.29) is 63.8 Å². The minimum atomic E-state index is -4.38. The first-order valence-corrected chi connectivity index (χ1v) is 35.6. The largest absolute Gasteiger partial charge is 0.408 e. The summed E-state index contributed by atoms with van der Waals surface area (Å²) in [5, 5.41) is 14.4. The summed E-state index contributed by atoms with van der Waals surface area (Å²) in [6.07, 6.45) is -5.33. The molecule has 7 heterocycles. The Balaban J connectivity index is 1.25. The summed E-state index contributed by atoms with van der Waals surface area (Å²) in [4.78, 5) is 77.1. The SMILES string of the molecule is CC(C)C(=O)Nc1nc2c(ncn2[C@@H]2O[C@@H]3COP(O)(=S)O[C@H]4C(O[Si](C)(C)C(C)(C)C)[C@@H](COP(=S)(OCCC#N)O[C@H]2C3O[Si](C)(C)C(C)(C)C)O[C@H]4n2cnc3c(NC(=O)c4ccccc4)ncnc32)c(=O)[nH]1. The van der Waals surface area contributed by atoms with Gasteiger partial charge in [-0.2, -0.15) is 10.2 Å². The van der Waals surface area contributed by atoms with Crippen molar-refractivity contribution in [3.05, 3.63) is 65.2 Å². The number of anilines is 2. The lowest BCUT2D eigenvalue weighted by molar-refractivity contribution is -0.118. The van der Waals surface area contributed by atoms with E-state index in [9.17, 15) is 24.5 Å². The fourth-order valence-electron chi connectivity index (χ4n) is 7.97. The molecule has 0 spiro atoms. The summed E-state index contributed by atoms with van der Waals surface area (Å²) < 4.78 is 64.2. The van der Waals surface area contributed by atoms with Crippen molar-refractivity contribution >= 4 is 99.6 Å². The number of fused-ring (bicyclic) bond motifs is 6. The number of hydrogen-bond acceptors (Lipinski definition) is 20. The molecule has 3 saturated heterocycles. The van der Waals surface area contributed by atoms with Gasteiger partial charge in [0.2, 0.25) is 11.9 Å². The van der Waals surface area contributed by atoms with E-state index < -0.39 is 109 Å². The van der Waals surface area contributed by atoms with Gasteiger partial charge in [-0.15, -0.1) is 0 Å². The highest BCUT2D eigenvalue weighted by atomic mass is 32.5. The smallest absolute Gasteiger partial charge is 0.327 e. The number of hydrogen-bond donors (Lipinski definition) is 4. The van der Waals surface area contributed by atoms with Crippen molar-refractivity contribution in [3.8, 4) is 6.07 Å². The number of nitriles is 1. The number of carbonyl (C=O) groups excluding carboxylic acids is 2. The first-order valence-electron chi connectivity index (χ1n) is 24.6. The monoisotopic (exact) mass is 1160 g/mol. The van der Waals surface area contributed by atoms with Gasteiger partial charge in [0.15, 0.2) is 57.2 Å². The summed E-state index contributed by atoms with van der Waals surface area (Å²) in [5.74, 6) is -1.28. The summed E-state index contributed by atoms with van der Waals surface area (Å²) in [7, 11) is -5.61. The molecular formula is C46H65N11O13P2S2Si2. The first kappa shape index (κ1) is 58.0. The normalized spacial score (nSPS) is 27.9. The van der Waals surface area contributed by atoms with E-state index >= 15 is 0 Å². The maximum absolute atomic E-state index is 13.5. The summed E-state index contributed by atoms with van der Waals surface area (Å²) in [6, 6.07) is 10.7. The number of carbonyl (C=O) groups is 2. The number of aromatic amines is 1. The molecule has 76 heavy (non-hydrogen) atoms. The highest BCUT2D eigenvalue weighted by molar-refractivity contribution is 8.07. The molecule has 3 fully saturated rings. The lowest BCUT2D eigenvalue weighted by Crippen LogP contribution is -2.51. The van der Waals surface area contributed by atoms with Crippen LogP contribution in [0.3, 0.4) is 0 Å². The number of nitrogens with zero attached hydrogens (tertiary/aromatic N) is 8. The third kappa shape index (κ3) is 12.3. The standard InChI is InChI=1S/C46H65N11O13P2S2Si2/c1-26(2)39(58)54-44-53-38-31(41(60)55-44)51-25-57(38)43-35-33(70-76(11,12)46(6,7)8)28(65-43)21-63-71(61,73)67-34-32(69-75(9,10)45(3,4)5)29(22-64-72(74,68-35)62-20-16-19-47)66-42(34)56-24-50-30-36(48-23-49-37(30)56)52-40(59)27-17-14-13-15-18-27/h13-15,17-18,23-26,28-29,32-35,42-43H,16,20-22H2,1-12H3,(H,61,73)(H,48,49,52,59)(H2,53,54,55,58,60)/t28-,29-,32?,33?,34+,35+,42-,43-,71?,72?/m1/s1.